The highest BCUT2D eigenvalue weighted by atomic mass is 127. The lowest BCUT2D eigenvalue weighted by molar-refractivity contribution is 0.0934. The van der Waals surface area contributed by atoms with Gasteiger partial charge in [-0.3, -0.25) is 25.8 Å². The van der Waals surface area contributed by atoms with Crippen molar-refractivity contribution in [3.05, 3.63) is 63.2 Å². The van der Waals surface area contributed by atoms with Crippen molar-refractivity contribution in [2.24, 2.45) is 0 Å². The molecule has 0 saturated carbocycles. The quantitative estimate of drug-likeness (QED) is 0.365. The lowest BCUT2D eigenvalue weighted by Crippen LogP contribution is -2.48. The number of carbonyl (C=O) groups excluding carboxylic acids is 2. The van der Waals surface area contributed by atoms with Crippen molar-refractivity contribution >= 4 is 51.7 Å². The molecule has 25 heavy (non-hydrogen) atoms. The van der Waals surface area contributed by atoms with Crippen LogP contribution in [0.15, 0.2) is 48.5 Å². The molecule has 0 atom stereocenters. The van der Waals surface area contributed by atoms with Crippen LogP contribution < -0.4 is 20.9 Å². The molecule has 0 aromatic heterocycles. The van der Waals surface area contributed by atoms with Crippen molar-refractivity contribution < 1.29 is 14.3 Å². The van der Waals surface area contributed by atoms with E-state index in [4.69, 9.17) is 17.0 Å². The summed E-state index contributed by atoms with van der Waals surface area (Å²) in [6, 6.07) is 13.8. The molecule has 0 aliphatic carbocycles. The topological polar surface area (TPSA) is 79.5 Å². The number of amides is 2. The first-order valence-electron chi connectivity index (χ1n) is 7.40. The SMILES string of the molecule is CCOc1ccc(C(=O)NC(=S)NNC(=O)c2ccccc2I)cc1. The van der Waals surface area contributed by atoms with E-state index in [-0.39, 0.29) is 16.9 Å². The molecular formula is C17H16IN3O3S. The minimum absolute atomic E-state index is 0.00169. The van der Waals surface area contributed by atoms with Crippen molar-refractivity contribution in [3.8, 4) is 5.75 Å². The average Bonchev–Trinajstić information content (AvgIpc) is 2.61. The maximum atomic E-state index is 12.1. The Morgan fingerprint density at radius 1 is 1.04 bits per heavy atom. The van der Waals surface area contributed by atoms with Crippen LogP contribution in [0.5, 0.6) is 5.75 Å². The molecular weight excluding hydrogens is 453 g/mol. The van der Waals surface area contributed by atoms with Gasteiger partial charge in [-0.2, -0.15) is 0 Å². The van der Waals surface area contributed by atoms with Gasteiger partial charge < -0.3 is 4.74 Å². The molecule has 0 aliphatic heterocycles. The average molecular weight is 469 g/mol. The molecule has 2 rings (SSSR count). The van der Waals surface area contributed by atoms with Crippen molar-refractivity contribution in [3.63, 3.8) is 0 Å². The predicted molar refractivity (Wildman–Crippen MR) is 107 cm³/mol. The third-order valence-corrected chi connectivity index (χ3v) is 4.21. The first kappa shape index (κ1) is 19.1. The Bertz CT molecular complexity index is 781. The fourth-order valence-electron chi connectivity index (χ4n) is 1.90. The Morgan fingerprint density at radius 3 is 2.36 bits per heavy atom. The molecule has 3 N–H and O–H groups in total. The summed E-state index contributed by atoms with van der Waals surface area (Å²) in [6.07, 6.45) is 0. The number of thiocarbonyl (C=S) groups is 1. The molecule has 0 unspecified atom stereocenters. The molecule has 130 valence electrons. The van der Waals surface area contributed by atoms with E-state index in [1.165, 1.54) is 0 Å². The van der Waals surface area contributed by atoms with Crippen LogP contribution in [-0.2, 0) is 0 Å². The number of hydrazine groups is 1. The molecule has 0 saturated heterocycles. The van der Waals surface area contributed by atoms with Crippen molar-refractivity contribution in [2.45, 2.75) is 6.92 Å². The highest BCUT2D eigenvalue weighted by Gasteiger charge is 2.11. The molecule has 2 aromatic carbocycles. The third kappa shape index (κ3) is 5.68. The summed E-state index contributed by atoms with van der Waals surface area (Å²) in [5.41, 5.74) is 5.90. The van der Waals surface area contributed by atoms with Gasteiger partial charge in [0.1, 0.15) is 5.75 Å². The number of carbonyl (C=O) groups is 2. The van der Waals surface area contributed by atoms with E-state index in [1.807, 2.05) is 19.1 Å². The number of ether oxygens (including phenoxy) is 1. The van der Waals surface area contributed by atoms with Crippen molar-refractivity contribution in [1.29, 1.82) is 0 Å². The summed E-state index contributed by atoms with van der Waals surface area (Å²) in [5, 5.41) is 2.49. The second kappa shape index (κ2) is 9.33. The van der Waals surface area contributed by atoms with Gasteiger partial charge in [0.25, 0.3) is 11.8 Å². The summed E-state index contributed by atoms with van der Waals surface area (Å²) < 4.78 is 6.13. The highest BCUT2D eigenvalue weighted by molar-refractivity contribution is 14.1. The molecule has 0 fully saturated rings. The van der Waals surface area contributed by atoms with Crippen LogP contribution in [0.3, 0.4) is 0 Å². The predicted octanol–water partition coefficient (Wildman–Crippen LogP) is 2.64. The van der Waals surface area contributed by atoms with E-state index in [9.17, 15) is 9.59 Å². The zero-order valence-electron chi connectivity index (χ0n) is 13.3. The maximum absolute atomic E-state index is 12.1. The Morgan fingerprint density at radius 2 is 1.72 bits per heavy atom. The standard InChI is InChI=1S/C17H16IN3O3S/c1-2-24-12-9-7-11(8-10-12)15(22)19-17(25)21-20-16(23)13-5-3-4-6-14(13)18/h3-10H,2H2,1H3,(H,20,23)(H2,19,21,22,25). The van der Waals surface area contributed by atoms with E-state index >= 15 is 0 Å². The van der Waals surface area contributed by atoms with E-state index in [0.29, 0.717) is 23.5 Å². The Kier molecular flexibility index (Phi) is 7.14. The van der Waals surface area contributed by atoms with Crippen LogP contribution in [-0.4, -0.2) is 23.5 Å². The van der Waals surface area contributed by atoms with E-state index in [1.54, 1.807) is 36.4 Å². The first-order valence-corrected chi connectivity index (χ1v) is 8.89. The molecule has 8 heteroatoms. The van der Waals surface area contributed by atoms with Crippen molar-refractivity contribution in [2.75, 3.05) is 6.61 Å². The lowest BCUT2D eigenvalue weighted by atomic mass is 10.2. The normalized spacial score (nSPS) is 9.84. The van der Waals surface area contributed by atoms with Crippen LogP contribution in [0.2, 0.25) is 0 Å². The van der Waals surface area contributed by atoms with Gasteiger partial charge in [0.2, 0.25) is 0 Å². The minimum Gasteiger partial charge on any atom is -0.494 e. The fraction of sp³-hybridized carbons (Fsp3) is 0.118. The van der Waals surface area contributed by atoms with Crippen molar-refractivity contribution in [1.82, 2.24) is 16.2 Å². The molecule has 2 aromatic rings. The van der Waals surface area contributed by atoms with Crippen LogP contribution in [0, 0.1) is 3.57 Å². The number of hydrogen-bond acceptors (Lipinski definition) is 4. The van der Waals surface area contributed by atoms with Gasteiger partial charge in [0, 0.05) is 9.13 Å². The number of halogens is 1. The lowest BCUT2D eigenvalue weighted by Gasteiger charge is -2.11. The first-order chi connectivity index (χ1) is 12.0. The second-order valence-corrected chi connectivity index (χ2v) is 6.37. The summed E-state index contributed by atoms with van der Waals surface area (Å²) in [7, 11) is 0. The zero-order valence-corrected chi connectivity index (χ0v) is 16.3. The van der Waals surface area contributed by atoms with E-state index in [0.717, 1.165) is 3.57 Å². The molecule has 0 radical (unpaired) electrons. The van der Waals surface area contributed by atoms with Crippen LogP contribution in [0.4, 0.5) is 0 Å². The molecule has 0 bridgehead atoms. The largest absolute Gasteiger partial charge is 0.494 e. The Hall–Kier alpha value is -2.20. The number of nitrogens with one attached hydrogen (secondary N) is 3. The summed E-state index contributed by atoms with van der Waals surface area (Å²) >= 11 is 7.08. The molecule has 0 aliphatic rings. The third-order valence-electron chi connectivity index (χ3n) is 3.06. The second-order valence-electron chi connectivity index (χ2n) is 4.80. The molecule has 0 spiro atoms. The van der Waals surface area contributed by atoms with Gasteiger partial charge in [0.05, 0.1) is 12.2 Å². The van der Waals surface area contributed by atoms with Crippen LogP contribution in [0.1, 0.15) is 27.6 Å². The Labute approximate surface area is 164 Å². The van der Waals surface area contributed by atoms with Crippen LogP contribution >= 0.6 is 34.8 Å². The van der Waals surface area contributed by atoms with Gasteiger partial charge in [0.15, 0.2) is 5.11 Å². The van der Waals surface area contributed by atoms with Gasteiger partial charge in [-0.25, -0.2) is 0 Å². The summed E-state index contributed by atoms with van der Waals surface area (Å²) in [5.74, 6) is -0.0452. The maximum Gasteiger partial charge on any atom is 0.270 e. The monoisotopic (exact) mass is 469 g/mol. The number of benzene rings is 2. The molecule has 0 heterocycles. The number of hydrogen-bond donors (Lipinski definition) is 3. The van der Waals surface area contributed by atoms with Crippen LogP contribution in [0.25, 0.3) is 0 Å². The smallest absolute Gasteiger partial charge is 0.270 e. The fourth-order valence-corrected chi connectivity index (χ4v) is 2.68. The van der Waals surface area contributed by atoms with Gasteiger partial charge >= 0.3 is 0 Å². The number of rotatable bonds is 4. The molecule has 2 amide bonds. The van der Waals surface area contributed by atoms with Gasteiger partial charge in [-0.15, -0.1) is 0 Å². The summed E-state index contributed by atoms with van der Waals surface area (Å²) in [4.78, 5) is 24.2. The van der Waals surface area contributed by atoms with Gasteiger partial charge in [-0.1, -0.05) is 12.1 Å². The molecule has 6 nitrogen and oxygen atoms in total. The van der Waals surface area contributed by atoms with Gasteiger partial charge in [-0.05, 0) is 78.1 Å². The zero-order chi connectivity index (χ0) is 18.2. The van der Waals surface area contributed by atoms with E-state index in [2.05, 4.69) is 38.8 Å². The Balaban J connectivity index is 1.86. The van der Waals surface area contributed by atoms with E-state index < -0.39 is 0 Å². The summed E-state index contributed by atoms with van der Waals surface area (Å²) in [6.45, 7) is 2.44. The highest BCUT2D eigenvalue weighted by Crippen LogP contribution is 2.12. The minimum atomic E-state index is -0.385.